The summed E-state index contributed by atoms with van der Waals surface area (Å²) in [7, 11) is 0. The summed E-state index contributed by atoms with van der Waals surface area (Å²) in [4.78, 5) is 24.0. The number of carboxylic acids is 1. The van der Waals surface area contributed by atoms with Gasteiger partial charge in [-0.3, -0.25) is 0 Å². The van der Waals surface area contributed by atoms with Crippen LogP contribution in [0.15, 0.2) is 66.7 Å². The van der Waals surface area contributed by atoms with Gasteiger partial charge in [0.1, 0.15) is 18.5 Å². The Morgan fingerprint density at radius 2 is 1.65 bits per heavy atom. The Morgan fingerprint density at radius 3 is 2.26 bits per heavy atom. The number of amides is 1. The minimum absolute atomic E-state index is 0.0624. The second kappa shape index (κ2) is 8.78. The molecule has 31 heavy (non-hydrogen) atoms. The summed E-state index contributed by atoms with van der Waals surface area (Å²) >= 11 is 6.02. The summed E-state index contributed by atoms with van der Waals surface area (Å²) in [5.41, 5.74) is 4.58. The highest BCUT2D eigenvalue weighted by Gasteiger charge is 2.30. The Labute approximate surface area is 183 Å². The van der Waals surface area contributed by atoms with Gasteiger partial charge in [-0.25, -0.2) is 14.0 Å². The van der Waals surface area contributed by atoms with Gasteiger partial charge < -0.3 is 15.2 Å². The molecule has 3 aromatic carbocycles. The van der Waals surface area contributed by atoms with E-state index in [4.69, 9.17) is 16.3 Å². The number of carboxylic acid groups (broad SMARTS) is 1. The van der Waals surface area contributed by atoms with E-state index >= 15 is 0 Å². The van der Waals surface area contributed by atoms with E-state index in [0.29, 0.717) is 0 Å². The van der Waals surface area contributed by atoms with Gasteiger partial charge in [-0.05, 0) is 46.0 Å². The first-order valence-electron chi connectivity index (χ1n) is 9.72. The molecule has 1 atom stereocenters. The van der Waals surface area contributed by atoms with Gasteiger partial charge >= 0.3 is 12.1 Å². The number of nitrogens with one attached hydrogen (secondary N) is 1. The first-order chi connectivity index (χ1) is 14.9. The molecule has 1 aliphatic rings. The third kappa shape index (κ3) is 4.39. The SMILES string of the molecule is O=C(N[C@H](Cc1cc(F)ccc1Cl)C(=O)O)OCC1c2ccccc2-c2ccccc21. The highest BCUT2D eigenvalue weighted by molar-refractivity contribution is 6.31. The lowest BCUT2D eigenvalue weighted by atomic mass is 9.98. The summed E-state index contributed by atoms with van der Waals surface area (Å²) < 4.78 is 18.9. The van der Waals surface area contributed by atoms with Crippen molar-refractivity contribution in [2.24, 2.45) is 0 Å². The fourth-order valence-corrected chi connectivity index (χ4v) is 4.10. The maximum absolute atomic E-state index is 13.5. The Kier molecular flexibility index (Phi) is 5.91. The number of rotatable bonds is 6. The lowest BCUT2D eigenvalue weighted by molar-refractivity contribution is -0.139. The van der Waals surface area contributed by atoms with Crippen LogP contribution in [0.2, 0.25) is 5.02 Å². The highest BCUT2D eigenvalue weighted by Crippen LogP contribution is 2.44. The normalized spacial score (nSPS) is 13.2. The van der Waals surface area contributed by atoms with Crippen LogP contribution in [0.3, 0.4) is 0 Å². The van der Waals surface area contributed by atoms with E-state index < -0.39 is 23.9 Å². The van der Waals surface area contributed by atoms with Crippen LogP contribution in [-0.4, -0.2) is 29.8 Å². The van der Waals surface area contributed by atoms with Gasteiger partial charge in [0.15, 0.2) is 0 Å². The average Bonchev–Trinajstić information content (AvgIpc) is 3.08. The molecular weight excluding hydrogens is 421 g/mol. The molecular formula is C24H19ClFNO4. The van der Waals surface area contributed by atoms with Crippen LogP contribution in [0.5, 0.6) is 0 Å². The molecule has 0 saturated carbocycles. The van der Waals surface area contributed by atoms with E-state index in [-0.39, 0.29) is 29.5 Å². The summed E-state index contributed by atoms with van der Waals surface area (Å²) in [6.45, 7) is 0.0624. The minimum atomic E-state index is -1.31. The van der Waals surface area contributed by atoms with Crippen molar-refractivity contribution in [3.8, 4) is 11.1 Å². The van der Waals surface area contributed by atoms with Crippen LogP contribution in [0.1, 0.15) is 22.6 Å². The molecule has 1 amide bonds. The van der Waals surface area contributed by atoms with Gasteiger partial charge in [-0.1, -0.05) is 60.1 Å². The summed E-state index contributed by atoms with van der Waals surface area (Å²) in [6.07, 6.45) is -1.03. The zero-order chi connectivity index (χ0) is 22.0. The molecule has 5 nitrogen and oxygen atoms in total. The van der Waals surface area contributed by atoms with E-state index in [9.17, 15) is 19.1 Å². The van der Waals surface area contributed by atoms with E-state index in [2.05, 4.69) is 5.32 Å². The fraction of sp³-hybridized carbons (Fsp3) is 0.167. The number of hydrogen-bond acceptors (Lipinski definition) is 3. The number of carbonyl (C=O) groups is 2. The van der Waals surface area contributed by atoms with Crippen molar-refractivity contribution in [1.29, 1.82) is 0 Å². The molecule has 3 aromatic rings. The van der Waals surface area contributed by atoms with Crippen molar-refractivity contribution in [2.45, 2.75) is 18.4 Å². The van der Waals surface area contributed by atoms with E-state index in [1.807, 2.05) is 48.5 Å². The van der Waals surface area contributed by atoms with Gasteiger partial charge in [0.05, 0.1) is 0 Å². The average molecular weight is 440 g/mol. The number of alkyl carbamates (subject to hydrolysis) is 1. The third-order valence-electron chi connectivity index (χ3n) is 5.37. The van der Waals surface area contributed by atoms with Crippen molar-refractivity contribution in [3.05, 3.63) is 94.3 Å². The Morgan fingerprint density at radius 1 is 1.03 bits per heavy atom. The Bertz CT molecular complexity index is 1100. The summed E-state index contributed by atoms with van der Waals surface area (Å²) in [5, 5.41) is 12.0. The molecule has 0 saturated heterocycles. The number of carbonyl (C=O) groups excluding carboxylic acids is 1. The van der Waals surface area contributed by atoms with Crippen LogP contribution >= 0.6 is 11.6 Å². The lowest BCUT2D eigenvalue weighted by Gasteiger charge is -2.18. The van der Waals surface area contributed by atoms with Crippen LogP contribution in [-0.2, 0) is 16.0 Å². The molecule has 0 aliphatic heterocycles. The Hall–Kier alpha value is -3.38. The number of hydrogen-bond donors (Lipinski definition) is 2. The number of benzene rings is 3. The van der Waals surface area contributed by atoms with Crippen LogP contribution in [0.25, 0.3) is 11.1 Å². The highest BCUT2D eigenvalue weighted by atomic mass is 35.5. The molecule has 1 aliphatic carbocycles. The molecule has 0 fully saturated rings. The number of ether oxygens (including phenoxy) is 1. The van der Waals surface area contributed by atoms with Gasteiger partial charge in [0, 0.05) is 17.4 Å². The van der Waals surface area contributed by atoms with Crippen LogP contribution in [0.4, 0.5) is 9.18 Å². The standard InChI is InChI=1S/C24H19ClFNO4/c25-21-10-9-15(26)11-14(21)12-22(23(28)29)27-24(30)31-13-20-18-7-3-1-5-16(18)17-6-2-4-8-19(17)20/h1-11,20,22H,12-13H2,(H,27,30)(H,28,29)/t22-/m1/s1. The van der Waals surface area contributed by atoms with Crippen LogP contribution in [0, 0.1) is 5.82 Å². The topological polar surface area (TPSA) is 75.6 Å². The second-order valence-corrected chi connectivity index (χ2v) is 7.71. The molecule has 0 unspecified atom stereocenters. The van der Waals surface area contributed by atoms with Crippen molar-refractivity contribution < 1.29 is 23.8 Å². The molecule has 0 heterocycles. The summed E-state index contributed by atoms with van der Waals surface area (Å²) in [5.74, 6) is -1.95. The van der Waals surface area contributed by atoms with Crippen molar-refractivity contribution in [2.75, 3.05) is 6.61 Å². The van der Waals surface area contributed by atoms with E-state index in [1.54, 1.807) is 0 Å². The molecule has 158 valence electrons. The second-order valence-electron chi connectivity index (χ2n) is 7.30. The monoisotopic (exact) mass is 439 g/mol. The maximum atomic E-state index is 13.5. The molecule has 7 heteroatoms. The van der Waals surface area contributed by atoms with Crippen LogP contribution < -0.4 is 5.32 Å². The van der Waals surface area contributed by atoms with Crippen molar-refractivity contribution in [1.82, 2.24) is 5.32 Å². The molecule has 0 spiro atoms. The summed E-state index contributed by atoms with van der Waals surface area (Å²) in [6, 6.07) is 18.2. The quantitative estimate of drug-likeness (QED) is 0.566. The number of fused-ring (bicyclic) bond motifs is 3. The number of aliphatic carboxylic acids is 1. The molecule has 0 bridgehead atoms. The first-order valence-corrected chi connectivity index (χ1v) is 10.1. The van der Waals surface area contributed by atoms with Gasteiger partial charge in [0.2, 0.25) is 0 Å². The smallest absolute Gasteiger partial charge is 0.407 e. The lowest BCUT2D eigenvalue weighted by Crippen LogP contribution is -2.43. The van der Waals surface area contributed by atoms with Crippen molar-refractivity contribution >= 4 is 23.7 Å². The Balaban J connectivity index is 1.45. The fourth-order valence-electron chi connectivity index (χ4n) is 3.90. The van der Waals surface area contributed by atoms with E-state index in [0.717, 1.165) is 28.3 Å². The third-order valence-corrected chi connectivity index (χ3v) is 5.73. The van der Waals surface area contributed by atoms with Gasteiger partial charge in [-0.15, -0.1) is 0 Å². The predicted octanol–water partition coefficient (Wildman–Crippen LogP) is 5.01. The zero-order valence-corrected chi connectivity index (χ0v) is 17.1. The predicted molar refractivity (Wildman–Crippen MR) is 115 cm³/mol. The minimum Gasteiger partial charge on any atom is -0.480 e. The largest absolute Gasteiger partial charge is 0.480 e. The molecule has 4 rings (SSSR count). The van der Waals surface area contributed by atoms with Crippen molar-refractivity contribution in [3.63, 3.8) is 0 Å². The first kappa shape index (κ1) is 20.9. The van der Waals surface area contributed by atoms with Gasteiger partial charge in [-0.2, -0.15) is 0 Å². The molecule has 2 N–H and O–H groups in total. The maximum Gasteiger partial charge on any atom is 0.407 e. The van der Waals surface area contributed by atoms with Gasteiger partial charge in [0.25, 0.3) is 0 Å². The molecule has 0 aromatic heterocycles. The zero-order valence-electron chi connectivity index (χ0n) is 16.3. The molecule has 0 radical (unpaired) electrons. The van der Waals surface area contributed by atoms with E-state index in [1.165, 1.54) is 12.1 Å². The number of halogens is 2.